The molecule has 1 saturated heterocycles. The van der Waals surface area contributed by atoms with E-state index >= 15 is 0 Å². The fraction of sp³-hybridized carbons (Fsp3) is 0.900. The minimum atomic E-state index is -2.46. The highest BCUT2D eigenvalue weighted by atomic mass is 28.4. The van der Waals surface area contributed by atoms with Gasteiger partial charge in [0.05, 0.1) is 12.7 Å². The number of carboxylic acids is 1. The molecule has 8 heteroatoms. The van der Waals surface area contributed by atoms with Crippen molar-refractivity contribution in [3.63, 3.8) is 0 Å². The van der Waals surface area contributed by atoms with Gasteiger partial charge in [0.15, 0.2) is 0 Å². The van der Waals surface area contributed by atoms with Gasteiger partial charge in [0, 0.05) is 33.9 Å². The lowest BCUT2D eigenvalue weighted by Crippen LogP contribution is -2.43. The zero-order chi connectivity index (χ0) is 13.6. The molecular formula is C10H22N2O5Si. The second kappa shape index (κ2) is 7.17. The number of hydrogen-bond acceptors (Lipinski definition) is 6. The Bertz CT molecular complexity index is 267. The molecule has 0 aromatic rings. The normalized spacial score (nSPS) is 23.1. The Morgan fingerprint density at radius 3 is 2.50 bits per heavy atom. The highest BCUT2D eigenvalue weighted by Gasteiger charge is 2.39. The molecule has 0 amide bonds. The fourth-order valence-electron chi connectivity index (χ4n) is 1.88. The van der Waals surface area contributed by atoms with Gasteiger partial charge in [-0.05, 0) is 13.0 Å². The van der Waals surface area contributed by atoms with Crippen molar-refractivity contribution in [1.82, 2.24) is 10.2 Å². The average Bonchev–Trinajstić information content (AvgIpc) is 3.11. The molecule has 1 aliphatic rings. The first-order chi connectivity index (χ1) is 8.56. The predicted octanol–water partition coefficient (Wildman–Crippen LogP) is -0.429. The van der Waals surface area contributed by atoms with Gasteiger partial charge >= 0.3 is 14.8 Å². The first-order valence-electron chi connectivity index (χ1n) is 5.91. The summed E-state index contributed by atoms with van der Waals surface area (Å²) in [5.74, 6) is -0.827. The summed E-state index contributed by atoms with van der Waals surface area (Å²) >= 11 is 0. The van der Waals surface area contributed by atoms with Crippen LogP contribution in [0.2, 0.25) is 6.04 Å². The summed E-state index contributed by atoms with van der Waals surface area (Å²) in [7, 11) is 2.36. The standard InChI is InChI=1S/C10H22N2O5Si/c1-15-18(16-2,17-3)6-4-5-12-8-9(12)11-7-10(13)14/h9,11H,4-8H2,1-3H3,(H,13,14). The molecule has 2 unspecified atom stereocenters. The van der Waals surface area contributed by atoms with Crippen molar-refractivity contribution in [2.45, 2.75) is 18.6 Å². The first-order valence-corrected chi connectivity index (χ1v) is 7.84. The van der Waals surface area contributed by atoms with Gasteiger partial charge in [-0.25, -0.2) is 0 Å². The minimum absolute atomic E-state index is 0.00800. The molecule has 0 aromatic carbocycles. The van der Waals surface area contributed by atoms with Crippen molar-refractivity contribution in [3.8, 4) is 0 Å². The Morgan fingerprint density at radius 1 is 1.39 bits per heavy atom. The van der Waals surface area contributed by atoms with E-state index in [1.807, 2.05) is 0 Å². The zero-order valence-electron chi connectivity index (χ0n) is 11.1. The molecular weight excluding hydrogens is 256 g/mol. The van der Waals surface area contributed by atoms with Crippen molar-refractivity contribution in [3.05, 3.63) is 0 Å². The van der Waals surface area contributed by atoms with E-state index in [0.29, 0.717) is 0 Å². The smallest absolute Gasteiger partial charge is 0.480 e. The van der Waals surface area contributed by atoms with Crippen molar-refractivity contribution in [2.24, 2.45) is 0 Å². The molecule has 0 aromatic heterocycles. The molecule has 0 saturated carbocycles. The third kappa shape index (κ3) is 4.63. The molecule has 106 valence electrons. The molecule has 7 nitrogen and oxygen atoms in total. The van der Waals surface area contributed by atoms with E-state index in [9.17, 15) is 4.79 Å². The first kappa shape index (κ1) is 15.5. The third-order valence-corrected chi connectivity index (χ3v) is 5.90. The van der Waals surface area contributed by atoms with Crippen molar-refractivity contribution in [1.29, 1.82) is 0 Å². The maximum absolute atomic E-state index is 10.4. The molecule has 1 heterocycles. The van der Waals surface area contributed by atoms with E-state index in [1.54, 1.807) is 21.3 Å². The molecule has 0 radical (unpaired) electrons. The number of nitrogens with zero attached hydrogens (tertiary/aromatic N) is 1. The molecule has 0 aliphatic carbocycles. The monoisotopic (exact) mass is 278 g/mol. The SMILES string of the molecule is CO[Si](CCCN1CC1NCC(=O)O)(OC)OC. The number of hydrogen-bond donors (Lipinski definition) is 2. The Kier molecular flexibility index (Phi) is 6.19. The second-order valence-electron chi connectivity index (χ2n) is 4.18. The van der Waals surface area contributed by atoms with Gasteiger partial charge in [-0.2, -0.15) is 0 Å². The van der Waals surface area contributed by atoms with Crippen molar-refractivity contribution >= 4 is 14.8 Å². The van der Waals surface area contributed by atoms with E-state index in [-0.39, 0.29) is 12.7 Å². The van der Waals surface area contributed by atoms with Crippen LogP contribution in [-0.2, 0) is 18.1 Å². The summed E-state index contributed by atoms with van der Waals surface area (Å²) in [5.41, 5.74) is 0. The van der Waals surface area contributed by atoms with E-state index < -0.39 is 14.8 Å². The van der Waals surface area contributed by atoms with Crippen LogP contribution in [0.15, 0.2) is 0 Å². The van der Waals surface area contributed by atoms with Gasteiger partial charge in [0.1, 0.15) is 0 Å². The van der Waals surface area contributed by atoms with Gasteiger partial charge in [0.2, 0.25) is 0 Å². The molecule has 0 spiro atoms. The largest absolute Gasteiger partial charge is 0.500 e. The van der Waals surface area contributed by atoms with Crippen LogP contribution in [0.25, 0.3) is 0 Å². The summed E-state index contributed by atoms with van der Waals surface area (Å²) in [6.45, 7) is 1.80. The number of aliphatic carboxylic acids is 1. The van der Waals surface area contributed by atoms with E-state index in [4.69, 9.17) is 18.4 Å². The van der Waals surface area contributed by atoms with E-state index in [0.717, 1.165) is 25.6 Å². The fourth-order valence-corrected chi connectivity index (χ4v) is 3.58. The number of carbonyl (C=O) groups is 1. The number of nitrogens with one attached hydrogen (secondary N) is 1. The van der Waals surface area contributed by atoms with Crippen molar-refractivity contribution < 1.29 is 23.2 Å². The van der Waals surface area contributed by atoms with Crippen LogP contribution in [0.1, 0.15) is 6.42 Å². The van der Waals surface area contributed by atoms with Crippen LogP contribution in [0.4, 0.5) is 0 Å². The Labute approximate surface area is 108 Å². The highest BCUT2D eigenvalue weighted by molar-refractivity contribution is 6.60. The van der Waals surface area contributed by atoms with Crippen LogP contribution in [-0.4, -0.2) is 71.9 Å². The predicted molar refractivity (Wildman–Crippen MR) is 67.2 cm³/mol. The second-order valence-corrected chi connectivity index (χ2v) is 7.28. The average molecular weight is 278 g/mol. The van der Waals surface area contributed by atoms with Crippen LogP contribution < -0.4 is 5.32 Å². The van der Waals surface area contributed by atoms with Crippen molar-refractivity contribution in [2.75, 3.05) is 41.0 Å². The molecule has 1 fully saturated rings. The van der Waals surface area contributed by atoms with Crippen LogP contribution in [0.5, 0.6) is 0 Å². The Balaban J connectivity index is 2.14. The lowest BCUT2D eigenvalue weighted by molar-refractivity contribution is -0.136. The highest BCUT2D eigenvalue weighted by Crippen LogP contribution is 2.19. The Morgan fingerprint density at radius 2 is 2.00 bits per heavy atom. The van der Waals surface area contributed by atoms with Crippen LogP contribution in [0, 0.1) is 0 Å². The maximum atomic E-state index is 10.4. The molecule has 18 heavy (non-hydrogen) atoms. The molecule has 2 N–H and O–H groups in total. The summed E-state index contributed by atoms with van der Waals surface area (Å²) in [4.78, 5) is 12.5. The van der Waals surface area contributed by atoms with Gasteiger partial charge in [0.25, 0.3) is 0 Å². The van der Waals surface area contributed by atoms with Gasteiger partial charge in [-0.3, -0.25) is 15.0 Å². The quantitative estimate of drug-likeness (QED) is 0.414. The summed E-state index contributed by atoms with van der Waals surface area (Å²) in [6.07, 6.45) is 1.11. The maximum Gasteiger partial charge on any atom is 0.500 e. The summed E-state index contributed by atoms with van der Waals surface area (Å²) in [6, 6.07) is 0.763. The van der Waals surface area contributed by atoms with Gasteiger partial charge < -0.3 is 18.4 Å². The molecule has 0 bridgehead atoms. The topological polar surface area (TPSA) is 80.0 Å². The van der Waals surface area contributed by atoms with Gasteiger partial charge in [-0.15, -0.1) is 0 Å². The lowest BCUT2D eigenvalue weighted by Gasteiger charge is -2.24. The number of carboxylic acid groups (broad SMARTS) is 1. The van der Waals surface area contributed by atoms with E-state index in [2.05, 4.69) is 10.2 Å². The third-order valence-electron chi connectivity index (χ3n) is 3.06. The zero-order valence-corrected chi connectivity index (χ0v) is 12.1. The molecule has 1 aliphatic heterocycles. The minimum Gasteiger partial charge on any atom is -0.480 e. The van der Waals surface area contributed by atoms with Crippen LogP contribution >= 0.6 is 0 Å². The van der Waals surface area contributed by atoms with E-state index in [1.165, 1.54) is 0 Å². The summed E-state index contributed by atoms with van der Waals surface area (Å²) < 4.78 is 16.0. The molecule has 1 rings (SSSR count). The Hall–Kier alpha value is -0.513. The summed E-state index contributed by atoms with van der Waals surface area (Å²) in [5, 5.41) is 11.5. The van der Waals surface area contributed by atoms with Gasteiger partial charge in [-0.1, -0.05) is 0 Å². The lowest BCUT2D eigenvalue weighted by atomic mass is 10.5. The van der Waals surface area contributed by atoms with Crippen LogP contribution in [0.3, 0.4) is 0 Å². The molecule has 2 atom stereocenters. The number of rotatable bonds is 10.